The van der Waals surface area contributed by atoms with E-state index in [9.17, 15) is 4.79 Å². The number of hydrogen-bond acceptors (Lipinski definition) is 3. The molecule has 0 N–H and O–H groups in total. The zero-order valence-corrected chi connectivity index (χ0v) is 14.7. The van der Waals surface area contributed by atoms with Crippen molar-refractivity contribution in [1.82, 2.24) is 9.80 Å². The molecule has 0 unspecified atom stereocenters. The summed E-state index contributed by atoms with van der Waals surface area (Å²) in [6.07, 6.45) is 3.84. The van der Waals surface area contributed by atoms with Crippen LogP contribution in [-0.2, 0) is 4.79 Å². The lowest BCUT2D eigenvalue weighted by Gasteiger charge is -2.22. The molecule has 0 bridgehead atoms. The number of carbonyl (C=O) groups excluding carboxylic acids is 1. The monoisotopic (exact) mass is 320 g/mol. The van der Waals surface area contributed by atoms with Crippen molar-refractivity contribution >= 4 is 17.9 Å². The molecule has 2 rings (SSSR count). The lowest BCUT2D eigenvalue weighted by Crippen LogP contribution is -2.26. The van der Waals surface area contributed by atoms with Gasteiger partial charge in [-0.15, -0.1) is 0 Å². The lowest BCUT2D eigenvalue weighted by atomic mass is 10.1. The molecule has 0 aromatic heterocycles. The van der Waals surface area contributed by atoms with Gasteiger partial charge >= 0.3 is 0 Å². The minimum Gasteiger partial charge on any atom is -0.374 e. The van der Waals surface area contributed by atoms with Crippen LogP contribution in [0, 0.1) is 0 Å². The molecule has 0 atom stereocenters. The van der Waals surface area contributed by atoms with Gasteiger partial charge in [-0.25, -0.2) is 0 Å². The second-order valence-electron chi connectivity index (χ2n) is 6.00. The van der Waals surface area contributed by atoms with Crippen LogP contribution in [0.5, 0.6) is 0 Å². The van der Waals surface area contributed by atoms with Gasteiger partial charge in [-0.2, -0.15) is 0 Å². The normalized spacial score (nSPS) is 12.0. The van der Waals surface area contributed by atoms with E-state index < -0.39 is 0 Å². The molecule has 0 aliphatic heterocycles. The summed E-state index contributed by atoms with van der Waals surface area (Å²) in [6.45, 7) is 0. The first-order valence-electron chi connectivity index (χ1n) is 7.92. The molecule has 0 saturated heterocycles. The largest absolute Gasteiger partial charge is 0.374 e. The fourth-order valence-electron chi connectivity index (χ4n) is 2.34. The van der Waals surface area contributed by atoms with Crippen molar-refractivity contribution in [3.63, 3.8) is 0 Å². The van der Waals surface area contributed by atoms with Crippen LogP contribution in [-0.4, -0.2) is 43.8 Å². The van der Waals surface area contributed by atoms with Gasteiger partial charge in [0.05, 0.1) is 11.4 Å². The molecule has 0 heterocycles. The van der Waals surface area contributed by atoms with Crippen LogP contribution in [0.15, 0.2) is 72.1 Å². The Morgan fingerprint density at radius 1 is 0.667 bits per heavy atom. The Hall–Kier alpha value is -2.81. The standard InChI is InChI=1S/C21H24N2O/c1-22(2)19(15-17-11-7-5-8-12-17)21(24)20(23(3)4)16-18-13-9-6-10-14-18/h5-16H,1-4H3. The van der Waals surface area contributed by atoms with Gasteiger partial charge < -0.3 is 9.80 Å². The Bertz CT molecular complexity index is 665. The molecule has 124 valence electrons. The molecule has 24 heavy (non-hydrogen) atoms. The Morgan fingerprint density at radius 2 is 1.00 bits per heavy atom. The highest BCUT2D eigenvalue weighted by atomic mass is 16.1. The van der Waals surface area contributed by atoms with Crippen LogP contribution in [0.2, 0.25) is 0 Å². The summed E-state index contributed by atoms with van der Waals surface area (Å²) < 4.78 is 0. The van der Waals surface area contributed by atoms with Gasteiger partial charge in [0.2, 0.25) is 5.78 Å². The van der Waals surface area contributed by atoms with Crippen LogP contribution in [0.25, 0.3) is 12.2 Å². The van der Waals surface area contributed by atoms with E-state index in [0.717, 1.165) is 11.1 Å². The molecule has 0 aliphatic rings. The van der Waals surface area contributed by atoms with Crippen molar-refractivity contribution in [3.05, 3.63) is 83.2 Å². The minimum absolute atomic E-state index is 0.00212. The number of likely N-dealkylation sites (N-methyl/N-ethyl adjacent to an activating group) is 2. The van der Waals surface area contributed by atoms with Gasteiger partial charge in [0.15, 0.2) is 0 Å². The van der Waals surface area contributed by atoms with Crippen molar-refractivity contribution in [3.8, 4) is 0 Å². The van der Waals surface area contributed by atoms with Crippen LogP contribution in [0.1, 0.15) is 11.1 Å². The van der Waals surface area contributed by atoms with Gasteiger partial charge in [-0.3, -0.25) is 4.79 Å². The van der Waals surface area contributed by atoms with Crippen molar-refractivity contribution in [2.75, 3.05) is 28.2 Å². The molecule has 2 aromatic carbocycles. The second kappa shape index (κ2) is 8.16. The van der Waals surface area contributed by atoms with E-state index in [1.54, 1.807) is 0 Å². The van der Waals surface area contributed by atoms with Crippen LogP contribution in [0.4, 0.5) is 0 Å². The average Bonchev–Trinajstić information content (AvgIpc) is 2.58. The molecule has 2 aromatic rings. The quantitative estimate of drug-likeness (QED) is 0.757. The first-order chi connectivity index (χ1) is 11.5. The van der Waals surface area contributed by atoms with E-state index in [1.165, 1.54) is 0 Å². The van der Waals surface area contributed by atoms with E-state index in [4.69, 9.17) is 0 Å². The van der Waals surface area contributed by atoms with Gasteiger partial charge in [0, 0.05) is 28.2 Å². The van der Waals surface area contributed by atoms with Crippen molar-refractivity contribution in [1.29, 1.82) is 0 Å². The Balaban J connectivity index is 2.43. The Labute approximate surface area is 144 Å². The topological polar surface area (TPSA) is 23.6 Å². The summed E-state index contributed by atoms with van der Waals surface area (Å²) in [6, 6.07) is 19.8. The number of nitrogens with zero attached hydrogens (tertiary/aromatic N) is 2. The minimum atomic E-state index is -0.00212. The van der Waals surface area contributed by atoms with Crippen LogP contribution in [0.3, 0.4) is 0 Å². The first-order valence-corrected chi connectivity index (χ1v) is 7.92. The summed E-state index contributed by atoms with van der Waals surface area (Å²) in [5.74, 6) is -0.00212. The summed E-state index contributed by atoms with van der Waals surface area (Å²) >= 11 is 0. The van der Waals surface area contributed by atoms with Crippen molar-refractivity contribution in [2.45, 2.75) is 0 Å². The third kappa shape index (κ3) is 4.59. The van der Waals surface area contributed by atoms with E-state index in [1.807, 2.05) is 111 Å². The van der Waals surface area contributed by atoms with Gasteiger partial charge in [0.1, 0.15) is 0 Å². The molecule has 3 heteroatoms. The number of ketones is 1. The zero-order valence-electron chi connectivity index (χ0n) is 14.7. The highest BCUT2D eigenvalue weighted by Gasteiger charge is 2.19. The lowest BCUT2D eigenvalue weighted by molar-refractivity contribution is -0.114. The summed E-state index contributed by atoms with van der Waals surface area (Å²) in [4.78, 5) is 16.8. The molecule has 0 amide bonds. The molecule has 3 nitrogen and oxygen atoms in total. The highest BCUT2D eigenvalue weighted by molar-refractivity contribution is 6.12. The summed E-state index contributed by atoms with van der Waals surface area (Å²) in [7, 11) is 7.57. The van der Waals surface area contributed by atoms with E-state index in [-0.39, 0.29) is 5.78 Å². The fraction of sp³-hybridized carbons (Fsp3) is 0.190. The molecule has 0 fully saturated rings. The molecule has 0 spiro atoms. The molecule has 0 saturated carbocycles. The molecular weight excluding hydrogens is 296 g/mol. The second-order valence-corrected chi connectivity index (χ2v) is 6.00. The van der Waals surface area contributed by atoms with Gasteiger partial charge in [-0.05, 0) is 23.3 Å². The zero-order chi connectivity index (χ0) is 17.5. The average molecular weight is 320 g/mol. The maximum Gasteiger partial charge on any atom is 0.225 e. The molecule has 0 radical (unpaired) electrons. The summed E-state index contributed by atoms with van der Waals surface area (Å²) in [5, 5.41) is 0. The van der Waals surface area contributed by atoms with E-state index in [0.29, 0.717) is 11.4 Å². The van der Waals surface area contributed by atoms with Gasteiger partial charge in [0.25, 0.3) is 0 Å². The third-order valence-electron chi connectivity index (χ3n) is 3.63. The molecular formula is C21H24N2O. The predicted molar refractivity (Wildman–Crippen MR) is 101 cm³/mol. The SMILES string of the molecule is CN(C)C(=Cc1ccccc1)C(=O)C(=Cc1ccccc1)N(C)C. The number of carbonyl (C=O) groups is 1. The third-order valence-corrected chi connectivity index (χ3v) is 3.63. The van der Waals surface area contributed by atoms with Gasteiger partial charge in [-0.1, -0.05) is 60.7 Å². The number of Topliss-reactive ketones (excluding diaryl/α,β-unsaturated/α-hetero) is 1. The summed E-state index contributed by atoms with van der Waals surface area (Å²) in [5.41, 5.74) is 3.31. The fourth-order valence-corrected chi connectivity index (χ4v) is 2.34. The predicted octanol–water partition coefficient (Wildman–Crippen LogP) is 3.76. The van der Waals surface area contributed by atoms with Crippen molar-refractivity contribution in [2.24, 2.45) is 0 Å². The Morgan fingerprint density at radius 3 is 1.29 bits per heavy atom. The number of hydrogen-bond donors (Lipinski definition) is 0. The number of rotatable bonds is 6. The first kappa shape index (κ1) is 17.5. The van der Waals surface area contributed by atoms with Crippen LogP contribution < -0.4 is 0 Å². The Kier molecular flexibility index (Phi) is 5.96. The van der Waals surface area contributed by atoms with E-state index in [2.05, 4.69) is 0 Å². The number of benzene rings is 2. The van der Waals surface area contributed by atoms with Crippen molar-refractivity contribution < 1.29 is 4.79 Å². The maximum absolute atomic E-state index is 13.1. The maximum atomic E-state index is 13.1. The molecule has 0 aliphatic carbocycles. The van der Waals surface area contributed by atoms with E-state index >= 15 is 0 Å². The highest BCUT2D eigenvalue weighted by Crippen LogP contribution is 2.17. The smallest absolute Gasteiger partial charge is 0.225 e. The van der Waals surface area contributed by atoms with Crippen LogP contribution >= 0.6 is 0 Å².